The molecule has 18 heavy (non-hydrogen) atoms. The third-order valence-electron chi connectivity index (χ3n) is 2.52. The van der Waals surface area contributed by atoms with Crippen molar-refractivity contribution in [2.45, 2.75) is 31.0 Å². The molecule has 2 aromatic rings. The van der Waals surface area contributed by atoms with E-state index in [9.17, 15) is 8.42 Å². The predicted molar refractivity (Wildman–Crippen MR) is 69.0 cm³/mol. The molecular weight excluding hydrogens is 272 g/mol. The molecular formula is C11H14N2O3S2. The van der Waals surface area contributed by atoms with E-state index in [0.29, 0.717) is 15.7 Å². The average molecular weight is 286 g/mol. The summed E-state index contributed by atoms with van der Waals surface area (Å²) in [5, 5.41) is 0. The van der Waals surface area contributed by atoms with Crippen LogP contribution in [0.3, 0.4) is 0 Å². The molecule has 0 bridgehead atoms. The quantitative estimate of drug-likeness (QED) is 0.913. The fraction of sp³-hybridized carbons (Fsp3) is 0.364. The van der Waals surface area contributed by atoms with Gasteiger partial charge in [-0.3, -0.25) is 0 Å². The van der Waals surface area contributed by atoms with Crippen LogP contribution in [-0.4, -0.2) is 13.4 Å². The predicted octanol–water partition coefficient (Wildman–Crippen LogP) is 2.09. The van der Waals surface area contributed by atoms with Gasteiger partial charge in [-0.05, 0) is 25.5 Å². The fourth-order valence-electron chi connectivity index (χ4n) is 1.42. The highest BCUT2D eigenvalue weighted by Gasteiger charge is 2.17. The van der Waals surface area contributed by atoms with Crippen molar-refractivity contribution in [1.29, 1.82) is 0 Å². The van der Waals surface area contributed by atoms with Crippen LogP contribution in [-0.2, 0) is 23.0 Å². The Balaban J connectivity index is 2.10. The number of hydrogen-bond acceptors (Lipinski definition) is 5. The first-order chi connectivity index (χ1) is 8.53. The molecule has 0 fully saturated rings. The Labute approximate surface area is 110 Å². The summed E-state index contributed by atoms with van der Waals surface area (Å²) in [4.78, 5) is 4.96. The molecule has 0 aliphatic rings. The number of rotatable bonds is 5. The number of oxazole rings is 1. The third-order valence-corrected chi connectivity index (χ3v) is 5.64. The zero-order chi connectivity index (χ0) is 13.2. The molecule has 0 unspecified atom stereocenters. The zero-order valence-electron chi connectivity index (χ0n) is 10.1. The summed E-state index contributed by atoms with van der Waals surface area (Å²) in [6.07, 6.45) is 2.14. The maximum atomic E-state index is 12.0. The Morgan fingerprint density at radius 3 is 2.78 bits per heavy atom. The van der Waals surface area contributed by atoms with Gasteiger partial charge in [0.15, 0.2) is 6.39 Å². The van der Waals surface area contributed by atoms with Gasteiger partial charge >= 0.3 is 0 Å². The van der Waals surface area contributed by atoms with Crippen molar-refractivity contribution in [3.63, 3.8) is 0 Å². The molecule has 0 aromatic carbocycles. The van der Waals surface area contributed by atoms with Gasteiger partial charge in [-0.25, -0.2) is 18.1 Å². The van der Waals surface area contributed by atoms with Crippen molar-refractivity contribution >= 4 is 21.4 Å². The molecule has 7 heteroatoms. The number of thiophene rings is 1. The summed E-state index contributed by atoms with van der Waals surface area (Å²) in [5.74, 6) is 0.533. The van der Waals surface area contributed by atoms with Crippen LogP contribution in [0.1, 0.15) is 23.3 Å². The summed E-state index contributed by atoms with van der Waals surface area (Å²) in [6, 6.07) is 3.46. The second-order valence-electron chi connectivity index (χ2n) is 3.76. The van der Waals surface area contributed by atoms with Crippen LogP contribution in [0, 0.1) is 6.92 Å². The van der Waals surface area contributed by atoms with Crippen molar-refractivity contribution in [1.82, 2.24) is 9.71 Å². The number of hydrogen-bond donors (Lipinski definition) is 1. The minimum Gasteiger partial charge on any atom is -0.447 e. The first-order valence-corrected chi connectivity index (χ1v) is 7.80. The Hall–Kier alpha value is -1.18. The first kappa shape index (κ1) is 13.3. The molecule has 5 nitrogen and oxygen atoms in total. The van der Waals surface area contributed by atoms with Gasteiger partial charge in [0.1, 0.15) is 9.97 Å². The Morgan fingerprint density at radius 2 is 2.22 bits per heavy atom. The highest BCUT2D eigenvalue weighted by Crippen LogP contribution is 2.22. The molecule has 2 heterocycles. The molecule has 2 rings (SSSR count). The molecule has 0 atom stereocenters. The normalized spacial score (nSPS) is 11.9. The second-order valence-corrected chi connectivity index (χ2v) is 6.92. The van der Waals surface area contributed by atoms with Gasteiger partial charge in [-0.15, -0.1) is 11.3 Å². The van der Waals surface area contributed by atoms with Gasteiger partial charge in [0.2, 0.25) is 10.0 Å². The summed E-state index contributed by atoms with van der Waals surface area (Å²) >= 11 is 1.28. The smallest absolute Gasteiger partial charge is 0.250 e. The Kier molecular flexibility index (Phi) is 3.84. The van der Waals surface area contributed by atoms with Gasteiger partial charge in [-0.2, -0.15) is 0 Å². The molecule has 0 saturated heterocycles. The van der Waals surface area contributed by atoms with Crippen LogP contribution < -0.4 is 4.72 Å². The fourth-order valence-corrected chi connectivity index (χ4v) is 3.74. The maximum absolute atomic E-state index is 12.0. The monoisotopic (exact) mass is 286 g/mol. The number of aryl methyl sites for hydroxylation is 2. The lowest BCUT2D eigenvalue weighted by Crippen LogP contribution is -2.22. The molecule has 0 amide bonds. The van der Waals surface area contributed by atoms with Gasteiger partial charge in [0.05, 0.1) is 12.2 Å². The highest BCUT2D eigenvalue weighted by molar-refractivity contribution is 7.91. The van der Waals surface area contributed by atoms with Crippen molar-refractivity contribution in [2.75, 3.05) is 0 Å². The third kappa shape index (κ3) is 2.80. The molecule has 98 valence electrons. The standard InChI is InChI=1S/C11H14N2O3S2/c1-3-9-4-5-11(17-9)18(14,15)13-6-10-8(2)12-7-16-10/h4-5,7,13H,3,6H2,1-2H3. The van der Waals surface area contributed by atoms with Gasteiger partial charge in [0.25, 0.3) is 0 Å². The Bertz CT molecular complexity index is 628. The zero-order valence-corrected chi connectivity index (χ0v) is 11.8. The molecule has 0 aliphatic carbocycles. The SMILES string of the molecule is CCc1ccc(S(=O)(=O)NCc2ocnc2C)s1. The lowest BCUT2D eigenvalue weighted by Gasteiger charge is -2.02. The van der Waals surface area contributed by atoms with E-state index in [0.717, 1.165) is 11.3 Å². The van der Waals surface area contributed by atoms with Crippen LogP contribution in [0.25, 0.3) is 0 Å². The lowest BCUT2D eigenvalue weighted by molar-refractivity contribution is 0.492. The van der Waals surface area contributed by atoms with Gasteiger partial charge in [-0.1, -0.05) is 6.92 Å². The molecule has 1 N–H and O–H groups in total. The van der Waals surface area contributed by atoms with Crippen LogP contribution >= 0.6 is 11.3 Å². The van der Waals surface area contributed by atoms with E-state index in [4.69, 9.17) is 4.42 Å². The van der Waals surface area contributed by atoms with Gasteiger partial charge in [0, 0.05) is 4.88 Å². The number of sulfonamides is 1. The van der Waals surface area contributed by atoms with Crippen LogP contribution in [0.5, 0.6) is 0 Å². The van der Waals surface area contributed by atoms with E-state index in [-0.39, 0.29) is 6.54 Å². The van der Waals surface area contributed by atoms with Crippen molar-refractivity contribution in [2.24, 2.45) is 0 Å². The number of nitrogens with zero attached hydrogens (tertiary/aromatic N) is 1. The lowest BCUT2D eigenvalue weighted by atomic mass is 10.4. The second kappa shape index (κ2) is 5.21. The largest absolute Gasteiger partial charge is 0.447 e. The van der Waals surface area contributed by atoms with E-state index in [1.165, 1.54) is 17.7 Å². The van der Waals surface area contributed by atoms with E-state index >= 15 is 0 Å². The summed E-state index contributed by atoms with van der Waals surface area (Å²) in [5.41, 5.74) is 0.693. The van der Waals surface area contributed by atoms with Gasteiger partial charge < -0.3 is 4.42 Å². The molecule has 2 aromatic heterocycles. The summed E-state index contributed by atoms with van der Waals surface area (Å²) in [7, 11) is -3.46. The maximum Gasteiger partial charge on any atom is 0.250 e. The van der Waals surface area contributed by atoms with Crippen molar-refractivity contribution in [3.05, 3.63) is 34.9 Å². The van der Waals surface area contributed by atoms with Crippen LogP contribution in [0.15, 0.2) is 27.2 Å². The molecule has 0 spiro atoms. The summed E-state index contributed by atoms with van der Waals surface area (Å²) in [6.45, 7) is 3.88. The van der Waals surface area contributed by atoms with E-state index in [1.54, 1.807) is 13.0 Å². The number of nitrogens with one attached hydrogen (secondary N) is 1. The van der Waals surface area contributed by atoms with Crippen molar-refractivity contribution < 1.29 is 12.8 Å². The molecule has 0 radical (unpaired) electrons. The van der Waals surface area contributed by atoms with E-state index in [2.05, 4.69) is 9.71 Å². The molecule has 0 saturated carbocycles. The van der Waals surface area contributed by atoms with Crippen molar-refractivity contribution in [3.8, 4) is 0 Å². The van der Waals surface area contributed by atoms with Crippen LogP contribution in [0.2, 0.25) is 0 Å². The highest BCUT2D eigenvalue weighted by atomic mass is 32.2. The minimum absolute atomic E-state index is 0.119. The van der Waals surface area contributed by atoms with E-state index < -0.39 is 10.0 Å². The first-order valence-electron chi connectivity index (χ1n) is 5.50. The van der Waals surface area contributed by atoms with Crippen LogP contribution in [0.4, 0.5) is 0 Å². The molecule has 0 aliphatic heterocycles. The number of aromatic nitrogens is 1. The van der Waals surface area contributed by atoms with E-state index in [1.807, 2.05) is 13.0 Å². The summed E-state index contributed by atoms with van der Waals surface area (Å²) < 4.78 is 31.9. The Morgan fingerprint density at radius 1 is 1.44 bits per heavy atom. The topological polar surface area (TPSA) is 72.2 Å². The average Bonchev–Trinajstić information content (AvgIpc) is 2.95. The minimum atomic E-state index is -3.46.